The minimum atomic E-state index is -0.358. The van der Waals surface area contributed by atoms with E-state index in [1.165, 1.54) is 5.57 Å². The van der Waals surface area contributed by atoms with Crippen LogP contribution >= 0.6 is 0 Å². The number of hydrogen-bond acceptors (Lipinski definition) is 3. The molecule has 4 aliphatic rings. The molecule has 3 saturated carbocycles. The first-order valence-electron chi connectivity index (χ1n) is 9.38. The predicted molar refractivity (Wildman–Crippen MR) is 88.7 cm³/mol. The molecule has 0 heterocycles. The van der Waals surface area contributed by atoms with E-state index in [9.17, 15) is 15.0 Å². The van der Waals surface area contributed by atoms with Crippen molar-refractivity contribution in [3.8, 4) is 0 Å². The van der Waals surface area contributed by atoms with E-state index in [1.54, 1.807) is 0 Å². The molecule has 3 heteroatoms. The molecule has 3 fully saturated rings. The fourth-order valence-corrected chi connectivity index (χ4v) is 7.09. The van der Waals surface area contributed by atoms with Crippen LogP contribution in [-0.2, 0) is 4.79 Å². The SMILES string of the molecule is CC1C[C@H]2[C@@H]3CC[C@H](O)[C@@]3(C)CC(O)[C@@H]2[C@@]2(C)CCC(=O)C=C12. The molecule has 3 nitrogen and oxygen atoms in total. The number of hydrogen-bond donors (Lipinski definition) is 2. The fraction of sp³-hybridized carbons (Fsp3) is 0.850. The zero-order valence-corrected chi connectivity index (χ0v) is 14.6. The molecule has 4 aliphatic carbocycles. The Hall–Kier alpha value is -0.670. The smallest absolute Gasteiger partial charge is 0.155 e. The first-order chi connectivity index (χ1) is 10.8. The van der Waals surface area contributed by atoms with Crippen LogP contribution in [0, 0.1) is 34.5 Å². The van der Waals surface area contributed by atoms with E-state index in [0.29, 0.717) is 30.6 Å². The van der Waals surface area contributed by atoms with E-state index < -0.39 is 0 Å². The molecule has 0 radical (unpaired) electrons. The maximum atomic E-state index is 12.0. The van der Waals surface area contributed by atoms with Gasteiger partial charge in [-0.1, -0.05) is 26.3 Å². The lowest BCUT2D eigenvalue weighted by Gasteiger charge is -2.60. The minimum Gasteiger partial charge on any atom is -0.393 e. The van der Waals surface area contributed by atoms with Gasteiger partial charge in [-0.25, -0.2) is 0 Å². The van der Waals surface area contributed by atoms with Crippen molar-refractivity contribution in [2.24, 2.45) is 34.5 Å². The topological polar surface area (TPSA) is 57.5 Å². The Labute approximate surface area is 139 Å². The second-order valence-electron chi connectivity index (χ2n) is 9.29. The van der Waals surface area contributed by atoms with Crippen LogP contribution in [0.25, 0.3) is 0 Å². The molecule has 2 N–H and O–H groups in total. The molecule has 0 amide bonds. The van der Waals surface area contributed by atoms with Gasteiger partial charge in [-0.3, -0.25) is 4.79 Å². The molecule has 0 saturated heterocycles. The van der Waals surface area contributed by atoms with Gasteiger partial charge in [0.2, 0.25) is 0 Å². The van der Waals surface area contributed by atoms with E-state index in [1.807, 2.05) is 6.08 Å². The van der Waals surface area contributed by atoms with E-state index in [4.69, 9.17) is 0 Å². The van der Waals surface area contributed by atoms with Crippen LogP contribution in [-0.4, -0.2) is 28.2 Å². The van der Waals surface area contributed by atoms with E-state index >= 15 is 0 Å². The van der Waals surface area contributed by atoms with Gasteiger partial charge in [0, 0.05) is 6.42 Å². The number of aliphatic hydroxyl groups is 2. The molecule has 128 valence electrons. The lowest BCUT2D eigenvalue weighted by molar-refractivity contribution is -0.147. The normalized spacial score (nSPS) is 55.7. The molecule has 4 rings (SSSR count). The largest absolute Gasteiger partial charge is 0.393 e. The van der Waals surface area contributed by atoms with Crippen LogP contribution in [0.2, 0.25) is 0 Å². The van der Waals surface area contributed by atoms with Gasteiger partial charge in [-0.2, -0.15) is 0 Å². The van der Waals surface area contributed by atoms with Crippen molar-refractivity contribution in [3.05, 3.63) is 11.6 Å². The third-order valence-corrected chi connectivity index (χ3v) is 8.16. The van der Waals surface area contributed by atoms with Crippen molar-refractivity contribution in [2.75, 3.05) is 0 Å². The molecule has 0 spiro atoms. The van der Waals surface area contributed by atoms with Crippen molar-refractivity contribution in [1.82, 2.24) is 0 Å². The third kappa shape index (κ3) is 1.99. The van der Waals surface area contributed by atoms with Crippen LogP contribution < -0.4 is 0 Å². The summed E-state index contributed by atoms with van der Waals surface area (Å²) in [6, 6.07) is 0. The highest BCUT2D eigenvalue weighted by Gasteiger charge is 2.62. The summed E-state index contributed by atoms with van der Waals surface area (Å²) in [6.07, 6.45) is 6.51. The Morgan fingerprint density at radius 3 is 2.70 bits per heavy atom. The molecule has 0 aliphatic heterocycles. The Kier molecular flexibility index (Phi) is 3.39. The van der Waals surface area contributed by atoms with Crippen molar-refractivity contribution >= 4 is 5.78 Å². The summed E-state index contributed by atoms with van der Waals surface area (Å²) in [7, 11) is 0. The third-order valence-electron chi connectivity index (χ3n) is 8.16. The fourth-order valence-electron chi connectivity index (χ4n) is 7.09. The molecule has 0 aromatic carbocycles. The van der Waals surface area contributed by atoms with Crippen LogP contribution in [0.15, 0.2) is 11.6 Å². The molecule has 0 aromatic heterocycles. The van der Waals surface area contributed by atoms with E-state index in [0.717, 1.165) is 25.7 Å². The summed E-state index contributed by atoms with van der Waals surface area (Å²) >= 11 is 0. The number of allylic oxidation sites excluding steroid dienone is 1. The van der Waals surface area contributed by atoms with Gasteiger partial charge in [0.15, 0.2) is 5.78 Å². The maximum absolute atomic E-state index is 12.0. The number of rotatable bonds is 0. The zero-order chi connectivity index (χ0) is 16.6. The van der Waals surface area contributed by atoms with Crippen molar-refractivity contribution in [2.45, 2.75) is 71.5 Å². The van der Waals surface area contributed by atoms with Gasteiger partial charge in [0.05, 0.1) is 12.2 Å². The highest BCUT2D eigenvalue weighted by atomic mass is 16.3. The van der Waals surface area contributed by atoms with Gasteiger partial charge in [0.1, 0.15) is 0 Å². The Balaban J connectivity index is 1.78. The van der Waals surface area contributed by atoms with E-state index in [2.05, 4.69) is 20.8 Å². The molecule has 8 atom stereocenters. The maximum Gasteiger partial charge on any atom is 0.155 e. The second kappa shape index (κ2) is 4.92. The van der Waals surface area contributed by atoms with Gasteiger partial charge >= 0.3 is 0 Å². The number of fused-ring (bicyclic) bond motifs is 5. The van der Waals surface area contributed by atoms with Crippen LogP contribution in [0.4, 0.5) is 0 Å². The van der Waals surface area contributed by atoms with Crippen molar-refractivity contribution in [3.63, 3.8) is 0 Å². The summed E-state index contributed by atoms with van der Waals surface area (Å²) in [5, 5.41) is 21.6. The van der Waals surface area contributed by atoms with Crippen molar-refractivity contribution in [1.29, 1.82) is 0 Å². The van der Waals surface area contributed by atoms with Crippen LogP contribution in [0.5, 0.6) is 0 Å². The number of aliphatic hydroxyl groups excluding tert-OH is 2. The first kappa shape index (κ1) is 15.8. The van der Waals surface area contributed by atoms with Gasteiger partial charge < -0.3 is 10.2 Å². The first-order valence-corrected chi connectivity index (χ1v) is 9.38. The van der Waals surface area contributed by atoms with Crippen LogP contribution in [0.3, 0.4) is 0 Å². The standard InChI is InChI=1S/C20H30O3/c1-11-8-13-14-4-5-17(23)20(14,3)10-16(22)18(13)19(2)7-6-12(21)9-15(11)19/h9,11,13-14,16-18,22-23H,4-8,10H2,1-3H3/t11?,13-,14-,16?,17-,18+,19-,20-/m0/s1. The Morgan fingerprint density at radius 2 is 1.96 bits per heavy atom. The molecule has 23 heavy (non-hydrogen) atoms. The number of ketones is 1. The molecular weight excluding hydrogens is 288 g/mol. The average molecular weight is 318 g/mol. The molecular formula is C20H30O3. The van der Waals surface area contributed by atoms with E-state index in [-0.39, 0.29) is 34.7 Å². The van der Waals surface area contributed by atoms with Crippen molar-refractivity contribution < 1.29 is 15.0 Å². The Morgan fingerprint density at radius 1 is 1.22 bits per heavy atom. The summed E-state index contributed by atoms with van der Waals surface area (Å²) in [6.45, 7) is 6.73. The molecule has 2 unspecified atom stereocenters. The summed E-state index contributed by atoms with van der Waals surface area (Å²) in [5.41, 5.74) is 1.13. The van der Waals surface area contributed by atoms with Gasteiger partial charge in [0.25, 0.3) is 0 Å². The predicted octanol–water partition coefficient (Wildman–Crippen LogP) is 3.10. The summed E-state index contributed by atoms with van der Waals surface area (Å²) < 4.78 is 0. The minimum absolute atomic E-state index is 0.0372. The monoisotopic (exact) mass is 318 g/mol. The number of carbonyl (C=O) groups excluding carboxylic acids is 1. The van der Waals surface area contributed by atoms with Gasteiger partial charge in [-0.15, -0.1) is 0 Å². The zero-order valence-electron chi connectivity index (χ0n) is 14.6. The highest BCUT2D eigenvalue weighted by molar-refractivity contribution is 5.91. The molecule has 0 aromatic rings. The second-order valence-corrected chi connectivity index (χ2v) is 9.29. The van der Waals surface area contributed by atoms with Crippen LogP contribution in [0.1, 0.15) is 59.3 Å². The lowest BCUT2D eigenvalue weighted by Crippen LogP contribution is -2.58. The highest BCUT2D eigenvalue weighted by Crippen LogP contribution is 2.66. The average Bonchev–Trinajstić information content (AvgIpc) is 2.76. The van der Waals surface area contributed by atoms with Gasteiger partial charge in [-0.05, 0) is 72.7 Å². The summed E-state index contributed by atoms with van der Waals surface area (Å²) in [4.78, 5) is 12.0. The Bertz CT molecular complexity index is 567. The quantitative estimate of drug-likeness (QED) is 0.721. The summed E-state index contributed by atoms with van der Waals surface area (Å²) in [5.74, 6) is 1.92. The molecule has 0 bridgehead atoms. The lowest BCUT2D eigenvalue weighted by atomic mass is 9.45. The number of carbonyl (C=O) groups is 1.